The number of hydrogen-bond donors (Lipinski definition) is 0. The van der Waals surface area contributed by atoms with Gasteiger partial charge in [0.15, 0.2) is 0 Å². The molecule has 68 valence electrons. The van der Waals surface area contributed by atoms with E-state index in [-0.39, 0.29) is 0 Å². The van der Waals surface area contributed by atoms with E-state index in [4.69, 9.17) is 0 Å². The van der Waals surface area contributed by atoms with E-state index in [0.717, 1.165) is 5.92 Å². The molecule has 0 aliphatic carbocycles. The number of hydrogen-bond acceptors (Lipinski definition) is 0. The van der Waals surface area contributed by atoms with Crippen molar-refractivity contribution in [2.45, 2.75) is 65.7 Å². The van der Waals surface area contributed by atoms with Crippen LogP contribution in [0.2, 0.25) is 0 Å². The van der Waals surface area contributed by atoms with Crippen LogP contribution in [0.15, 0.2) is 0 Å². The van der Waals surface area contributed by atoms with Crippen LogP contribution in [0.3, 0.4) is 0 Å². The van der Waals surface area contributed by atoms with Crippen molar-refractivity contribution < 1.29 is 0 Å². The van der Waals surface area contributed by atoms with Gasteiger partial charge in [-0.3, -0.25) is 0 Å². The molecule has 0 aliphatic heterocycles. The lowest BCUT2D eigenvalue weighted by molar-refractivity contribution is 0.448. The summed E-state index contributed by atoms with van der Waals surface area (Å²) in [5, 5.41) is 0. The molecule has 11 heavy (non-hydrogen) atoms. The van der Waals surface area contributed by atoms with Gasteiger partial charge in [0.2, 0.25) is 0 Å². The van der Waals surface area contributed by atoms with E-state index in [1.165, 1.54) is 44.9 Å². The van der Waals surface area contributed by atoms with Gasteiger partial charge in [0, 0.05) is 0 Å². The second-order valence-electron chi connectivity index (χ2n) is 3.74. The number of rotatable bonds is 7. The van der Waals surface area contributed by atoms with Crippen LogP contribution in [-0.4, -0.2) is 0 Å². The van der Waals surface area contributed by atoms with Crippen molar-refractivity contribution in [1.29, 1.82) is 0 Å². The Balaban J connectivity index is 3.02. The highest BCUT2D eigenvalue weighted by atomic mass is 14.1. The molecule has 0 rings (SSSR count). The van der Waals surface area contributed by atoms with E-state index < -0.39 is 0 Å². The fourth-order valence-corrected chi connectivity index (χ4v) is 1.44. The van der Waals surface area contributed by atoms with E-state index in [1.807, 2.05) is 0 Å². The second kappa shape index (κ2) is 8.10. The standard InChI is InChI=1S/C11H24/c1-4-6-8-10-11(3)9-7-5-2/h11H,4-10H2,1-3H3. The molecule has 0 amide bonds. The molecule has 0 nitrogen and oxygen atoms in total. The molecule has 0 aromatic heterocycles. The first-order valence-electron chi connectivity index (χ1n) is 5.31. The maximum atomic E-state index is 2.39. The first-order chi connectivity index (χ1) is 5.31. The Labute approximate surface area is 72.4 Å². The fourth-order valence-electron chi connectivity index (χ4n) is 1.44. The van der Waals surface area contributed by atoms with Crippen molar-refractivity contribution in [3.63, 3.8) is 0 Å². The van der Waals surface area contributed by atoms with Crippen molar-refractivity contribution in [1.82, 2.24) is 0 Å². The van der Waals surface area contributed by atoms with Crippen molar-refractivity contribution >= 4 is 0 Å². The summed E-state index contributed by atoms with van der Waals surface area (Å²) in [6, 6.07) is 0. The van der Waals surface area contributed by atoms with Gasteiger partial charge in [0.1, 0.15) is 0 Å². The highest BCUT2D eigenvalue weighted by Gasteiger charge is 1.99. The zero-order chi connectivity index (χ0) is 8.53. The van der Waals surface area contributed by atoms with Crippen LogP contribution in [-0.2, 0) is 0 Å². The summed E-state index contributed by atoms with van der Waals surface area (Å²) in [6.45, 7) is 6.95. The van der Waals surface area contributed by atoms with Gasteiger partial charge in [0.05, 0.1) is 0 Å². The molecule has 0 aliphatic rings. The summed E-state index contributed by atoms with van der Waals surface area (Å²) in [6.07, 6.45) is 9.91. The first kappa shape index (κ1) is 11.0. The average Bonchev–Trinajstić information content (AvgIpc) is 2.01. The Morgan fingerprint density at radius 3 is 1.91 bits per heavy atom. The summed E-state index contributed by atoms with van der Waals surface area (Å²) in [4.78, 5) is 0. The molecule has 1 atom stereocenters. The van der Waals surface area contributed by atoms with Crippen molar-refractivity contribution in [2.75, 3.05) is 0 Å². The molecular formula is C11H24. The Morgan fingerprint density at radius 2 is 1.36 bits per heavy atom. The fraction of sp³-hybridized carbons (Fsp3) is 1.00. The van der Waals surface area contributed by atoms with E-state index >= 15 is 0 Å². The third-order valence-corrected chi connectivity index (χ3v) is 2.35. The molecule has 0 radical (unpaired) electrons. The Bertz CT molecular complexity index is 66.4. The van der Waals surface area contributed by atoms with Gasteiger partial charge in [-0.15, -0.1) is 0 Å². The summed E-state index contributed by atoms with van der Waals surface area (Å²) >= 11 is 0. The lowest BCUT2D eigenvalue weighted by Gasteiger charge is -2.09. The lowest BCUT2D eigenvalue weighted by atomic mass is 9.98. The molecule has 0 spiro atoms. The predicted octanol–water partition coefficient (Wildman–Crippen LogP) is 4.39. The highest BCUT2D eigenvalue weighted by Crippen LogP contribution is 2.15. The topological polar surface area (TPSA) is 0 Å². The molecule has 0 bridgehead atoms. The third-order valence-electron chi connectivity index (χ3n) is 2.35. The monoisotopic (exact) mass is 156 g/mol. The minimum atomic E-state index is 0.974. The molecule has 0 saturated heterocycles. The smallest absolute Gasteiger partial charge is 0.0443 e. The highest BCUT2D eigenvalue weighted by molar-refractivity contribution is 4.53. The minimum absolute atomic E-state index is 0.974. The van der Waals surface area contributed by atoms with E-state index in [2.05, 4.69) is 20.8 Å². The van der Waals surface area contributed by atoms with Crippen LogP contribution in [0, 0.1) is 5.92 Å². The largest absolute Gasteiger partial charge is 0.0654 e. The zero-order valence-electron chi connectivity index (χ0n) is 8.53. The summed E-state index contributed by atoms with van der Waals surface area (Å²) in [5.41, 5.74) is 0. The molecule has 0 fully saturated rings. The van der Waals surface area contributed by atoms with Gasteiger partial charge >= 0.3 is 0 Å². The van der Waals surface area contributed by atoms with Crippen LogP contribution in [0.25, 0.3) is 0 Å². The second-order valence-corrected chi connectivity index (χ2v) is 3.74. The Hall–Kier alpha value is 0. The Kier molecular flexibility index (Phi) is 8.10. The van der Waals surface area contributed by atoms with Crippen LogP contribution in [0.4, 0.5) is 0 Å². The average molecular weight is 156 g/mol. The van der Waals surface area contributed by atoms with Crippen LogP contribution < -0.4 is 0 Å². The van der Waals surface area contributed by atoms with Crippen molar-refractivity contribution in [2.24, 2.45) is 5.92 Å². The quantitative estimate of drug-likeness (QED) is 0.479. The van der Waals surface area contributed by atoms with Crippen molar-refractivity contribution in [3.05, 3.63) is 0 Å². The zero-order valence-corrected chi connectivity index (χ0v) is 8.53. The molecule has 0 heterocycles. The maximum absolute atomic E-state index is 2.39. The molecule has 0 heteroatoms. The normalized spacial score (nSPS) is 13.4. The van der Waals surface area contributed by atoms with Crippen LogP contribution >= 0.6 is 0 Å². The van der Waals surface area contributed by atoms with Crippen molar-refractivity contribution in [3.8, 4) is 0 Å². The van der Waals surface area contributed by atoms with Gasteiger partial charge in [-0.2, -0.15) is 0 Å². The summed E-state index contributed by atoms with van der Waals surface area (Å²) in [7, 11) is 0. The van der Waals surface area contributed by atoms with E-state index in [1.54, 1.807) is 0 Å². The first-order valence-corrected chi connectivity index (χ1v) is 5.31. The maximum Gasteiger partial charge on any atom is -0.0443 e. The van der Waals surface area contributed by atoms with Gasteiger partial charge in [-0.25, -0.2) is 0 Å². The predicted molar refractivity (Wildman–Crippen MR) is 52.8 cm³/mol. The lowest BCUT2D eigenvalue weighted by Crippen LogP contribution is -1.93. The van der Waals surface area contributed by atoms with Gasteiger partial charge in [-0.05, 0) is 5.92 Å². The SMILES string of the molecule is CCCCCC(C)CCCC. The molecule has 0 saturated carbocycles. The molecule has 0 aromatic rings. The minimum Gasteiger partial charge on any atom is -0.0654 e. The van der Waals surface area contributed by atoms with Gasteiger partial charge < -0.3 is 0 Å². The molecular weight excluding hydrogens is 132 g/mol. The summed E-state index contributed by atoms with van der Waals surface area (Å²) < 4.78 is 0. The Morgan fingerprint density at radius 1 is 0.818 bits per heavy atom. The van der Waals surface area contributed by atoms with Crippen LogP contribution in [0.5, 0.6) is 0 Å². The van der Waals surface area contributed by atoms with E-state index in [0.29, 0.717) is 0 Å². The third kappa shape index (κ3) is 7.90. The number of unbranched alkanes of at least 4 members (excludes halogenated alkanes) is 3. The molecule has 0 aromatic carbocycles. The molecule has 1 unspecified atom stereocenters. The van der Waals surface area contributed by atoms with Crippen LogP contribution in [0.1, 0.15) is 65.7 Å². The van der Waals surface area contributed by atoms with Gasteiger partial charge in [0.25, 0.3) is 0 Å². The summed E-state index contributed by atoms with van der Waals surface area (Å²) in [5.74, 6) is 0.974. The molecule has 0 N–H and O–H groups in total. The van der Waals surface area contributed by atoms with E-state index in [9.17, 15) is 0 Å². The van der Waals surface area contributed by atoms with Gasteiger partial charge in [-0.1, -0.05) is 65.7 Å².